The molecule has 2 aromatic carbocycles. The summed E-state index contributed by atoms with van der Waals surface area (Å²) in [6, 6.07) is 12.1. The number of hydrogen-bond donors (Lipinski definition) is 1. The molecule has 1 N–H and O–H groups in total. The van der Waals surface area contributed by atoms with Crippen molar-refractivity contribution in [2.75, 3.05) is 17.3 Å². The van der Waals surface area contributed by atoms with Crippen molar-refractivity contribution >= 4 is 39.1 Å². The third-order valence-electron chi connectivity index (χ3n) is 3.71. The van der Waals surface area contributed by atoms with E-state index in [4.69, 9.17) is 0 Å². The Kier molecular flexibility index (Phi) is 5.31. The van der Waals surface area contributed by atoms with Gasteiger partial charge < -0.3 is 10.2 Å². The zero-order valence-electron chi connectivity index (χ0n) is 13.9. The summed E-state index contributed by atoms with van der Waals surface area (Å²) in [5, 5.41) is 2.78. The van der Waals surface area contributed by atoms with Gasteiger partial charge >= 0.3 is 6.18 Å². The highest BCUT2D eigenvalue weighted by molar-refractivity contribution is 9.10. The summed E-state index contributed by atoms with van der Waals surface area (Å²) >= 11 is 3.29. The molecule has 0 radical (unpaired) electrons. The Bertz CT molecular complexity index is 928. The molecule has 0 saturated carbocycles. The molecule has 0 spiro atoms. The van der Waals surface area contributed by atoms with Gasteiger partial charge in [-0.3, -0.25) is 0 Å². The van der Waals surface area contributed by atoms with Crippen LogP contribution in [0.5, 0.6) is 0 Å². The molecule has 1 aromatic heterocycles. The van der Waals surface area contributed by atoms with E-state index in [9.17, 15) is 17.6 Å². The largest absolute Gasteiger partial charge is 0.421 e. The molecule has 4 nitrogen and oxygen atoms in total. The van der Waals surface area contributed by atoms with Gasteiger partial charge in [0, 0.05) is 29.1 Å². The van der Waals surface area contributed by atoms with E-state index in [2.05, 4.69) is 31.2 Å². The molecule has 140 valence electrons. The number of nitrogens with one attached hydrogen (secondary N) is 1. The Morgan fingerprint density at radius 2 is 1.63 bits per heavy atom. The molecule has 0 unspecified atom stereocenters. The van der Waals surface area contributed by atoms with E-state index in [0.717, 1.165) is 10.7 Å². The second kappa shape index (κ2) is 7.51. The first-order valence-corrected chi connectivity index (χ1v) is 8.49. The van der Waals surface area contributed by atoms with Gasteiger partial charge in [-0.05, 0) is 48.5 Å². The number of nitrogens with zero attached hydrogens (tertiary/aromatic N) is 3. The zero-order chi connectivity index (χ0) is 19.6. The quantitative estimate of drug-likeness (QED) is 0.512. The maximum absolute atomic E-state index is 13.4. The topological polar surface area (TPSA) is 41.1 Å². The van der Waals surface area contributed by atoms with Crippen molar-refractivity contribution in [3.8, 4) is 0 Å². The fourth-order valence-corrected chi connectivity index (χ4v) is 2.60. The molecule has 0 amide bonds. The molecule has 0 bridgehead atoms. The van der Waals surface area contributed by atoms with Gasteiger partial charge in [0.05, 0.1) is 0 Å². The molecule has 0 saturated heterocycles. The van der Waals surface area contributed by atoms with Crippen LogP contribution in [0, 0.1) is 5.82 Å². The summed E-state index contributed by atoms with van der Waals surface area (Å²) in [7, 11) is 1.49. The molecule has 0 fully saturated rings. The molecular weight excluding hydrogens is 428 g/mol. The Morgan fingerprint density at radius 1 is 1.00 bits per heavy atom. The van der Waals surface area contributed by atoms with Gasteiger partial charge in [-0.2, -0.15) is 18.2 Å². The van der Waals surface area contributed by atoms with E-state index in [-0.39, 0.29) is 11.8 Å². The van der Waals surface area contributed by atoms with Crippen molar-refractivity contribution in [2.45, 2.75) is 6.18 Å². The second-order valence-corrected chi connectivity index (χ2v) is 6.51. The maximum atomic E-state index is 13.4. The van der Waals surface area contributed by atoms with E-state index in [1.807, 2.05) is 0 Å². The van der Waals surface area contributed by atoms with Crippen LogP contribution < -0.4 is 10.2 Å². The van der Waals surface area contributed by atoms with Crippen molar-refractivity contribution in [1.29, 1.82) is 0 Å². The lowest BCUT2D eigenvalue weighted by molar-refractivity contribution is -0.137. The number of benzene rings is 2. The van der Waals surface area contributed by atoms with Gasteiger partial charge in [-0.25, -0.2) is 9.37 Å². The van der Waals surface area contributed by atoms with Crippen molar-refractivity contribution < 1.29 is 17.6 Å². The molecule has 0 atom stereocenters. The average Bonchev–Trinajstić information content (AvgIpc) is 2.63. The van der Waals surface area contributed by atoms with E-state index in [1.54, 1.807) is 24.3 Å². The van der Waals surface area contributed by atoms with Gasteiger partial charge in [0.15, 0.2) is 5.82 Å². The molecular formula is C18H13BrF4N4. The van der Waals surface area contributed by atoms with Gasteiger partial charge in [-0.15, -0.1) is 0 Å². The van der Waals surface area contributed by atoms with Crippen molar-refractivity contribution in [3.05, 3.63) is 70.6 Å². The molecule has 1 heterocycles. The Balaban J connectivity index is 2.00. The van der Waals surface area contributed by atoms with Crippen LogP contribution in [0.4, 0.5) is 40.7 Å². The Hall–Kier alpha value is -2.68. The summed E-state index contributed by atoms with van der Waals surface area (Å²) in [6.07, 6.45) is -3.89. The van der Waals surface area contributed by atoms with Crippen LogP contribution in [0.25, 0.3) is 0 Å². The number of anilines is 4. The molecule has 27 heavy (non-hydrogen) atoms. The number of hydrogen-bond acceptors (Lipinski definition) is 4. The fraction of sp³-hybridized carbons (Fsp3) is 0.111. The molecule has 0 aliphatic heterocycles. The number of aromatic nitrogens is 2. The molecule has 3 rings (SSSR count). The lowest BCUT2D eigenvalue weighted by atomic mass is 10.2. The van der Waals surface area contributed by atoms with Gasteiger partial charge in [-0.1, -0.05) is 15.9 Å². The number of halogens is 5. The van der Waals surface area contributed by atoms with Crippen molar-refractivity contribution in [1.82, 2.24) is 9.97 Å². The Morgan fingerprint density at radius 3 is 2.22 bits per heavy atom. The predicted molar refractivity (Wildman–Crippen MR) is 98.9 cm³/mol. The van der Waals surface area contributed by atoms with Crippen molar-refractivity contribution in [3.63, 3.8) is 0 Å². The summed E-state index contributed by atoms with van der Waals surface area (Å²) in [5.74, 6) is -0.762. The van der Waals surface area contributed by atoms with Crippen LogP contribution in [0.3, 0.4) is 0 Å². The lowest BCUT2D eigenvalue weighted by Crippen LogP contribution is -2.19. The smallest absolute Gasteiger partial charge is 0.329 e. The molecule has 9 heteroatoms. The zero-order valence-corrected chi connectivity index (χ0v) is 15.5. The maximum Gasteiger partial charge on any atom is 0.421 e. The first-order valence-electron chi connectivity index (χ1n) is 7.70. The lowest BCUT2D eigenvalue weighted by Gasteiger charge is -2.23. The van der Waals surface area contributed by atoms with Gasteiger partial charge in [0.1, 0.15) is 11.4 Å². The third kappa shape index (κ3) is 4.54. The minimum atomic E-state index is -4.62. The minimum Gasteiger partial charge on any atom is -0.329 e. The van der Waals surface area contributed by atoms with E-state index >= 15 is 0 Å². The van der Waals surface area contributed by atoms with E-state index in [1.165, 1.54) is 36.2 Å². The minimum absolute atomic E-state index is 0.0337. The van der Waals surface area contributed by atoms with Crippen LogP contribution in [0.15, 0.2) is 59.2 Å². The highest BCUT2D eigenvalue weighted by atomic mass is 79.9. The van der Waals surface area contributed by atoms with E-state index < -0.39 is 17.6 Å². The van der Waals surface area contributed by atoms with E-state index in [0.29, 0.717) is 11.4 Å². The average molecular weight is 441 g/mol. The summed E-state index contributed by atoms with van der Waals surface area (Å²) in [4.78, 5) is 9.10. The fourth-order valence-electron chi connectivity index (χ4n) is 2.34. The number of alkyl halides is 3. The predicted octanol–water partition coefficient (Wildman–Crippen LogP) is 5.91. The summed E-state index contributed by atoms with van der Waals surface area (Å²) < 4.78 is 54.1. The van der Waals surface area contributed by atoms with Crippen molar-refractivity contribution in [2.24, 2.45) is 0 Å². The second-order valence-electron chi connectivity index (χ2n) is 5.60. The third-order valence-corrected chi connectivity index (χ3v) is 4.23. The van der Waals surface area contributed by atoms with Crippen LogP contribution in [-0.4, -0.2) is 17.0 Å². The molecule has 0 aliphatic carbocycles. The van der Waals surface area contributed by atoms with Gasteiger partial charge in [0.2, 0.25) is 5.95 Å². The summed E-state index contributed by atoms with van der Waals surface area (Å²) in [6.45, 7) is 0. The van der Waals surface area contributed by atoms with Crippen LogP contribution >= 0.6 is 15.9 Å². The monoisotopic (exact) mass is 440 g/mol. The first kappa shape index (κ1) is 19.1. The first-order chi connectivity index (χ1) is 12.7. The molecule has 3 aromatic rings. The Labute approximate surface area is 161 Å². The van der Waals surface area contributed by atoms with Gasteiger partial charge in [0.25, 0.3) is 0 Å². The highest BCUT2D eigenvalue weighted by Gasteiger charge is 2.36. The molecule has 0 aliphatic rings. The SMILES string of the molecule is CN(c1ccc(Br)cc1)c1nc(Nc2ccc(F)cc2)ncc1C(F)(F)F. The van der Waals surface area contributed by atoms with Crippen LogP contribution in [-0.2, 0) is 6.18 Å². The summed E-state index contributed by atoms with van der Waals surface area (Å²) in [5.41, 5.74) is 0.0149. The van der Waals surface area contributed by atoms with Crippen LogP contribution in [0.2, 0.25) is 0 Å². The number of rotatable bonds is 4. The highest BCUT2D eigenvalue weighted by Crippen LogP contribution is 2.37. The normalized spacial score (nSPS) is 11.3. The standard InChI is InChI=1S/C18H13BrF4N4/c1-27(14-8-2-11(19)3-9-14)16-15(18(21,22)23)10-24-17(26-16)25-13-6-4-12(20)5-7-13/h2-10H,1H3,(H,24,25,26). The van der Waals surface area contributed by atoms with Crippen LogP contribution in [0.1, 0.15) is 5.56 Å².